The van der Waals surface area contributed by atoms with Crippen molar-refractivity contribution in [2.45, 2.75) is 25.1 Å². The van der Waals surface area contributed by atoms with Crippen LogP contribution in [0.3, 0.4) is 0 Å². The molecule has 0 unspecified atom stereocenters. The van der Waals surface area contributed by atoms with E-state index in [0.29, 0.717) is 19.5 Å². The van der Waals surface area contributed by atoms with Crippen molar-refractivity contribution in [1.29, 1.82) is 0 Å². The molecule has 1 fully saturated rings. The van der Waals surface area contributed by atoms with Crippen molar-refractivity contribution in [3.8, 4) is 0 Å². The number of urea groups is 1. The van der Waals surface area contributed by atoms with E-state index in [0.717, 1.165) is 12.5 Å². The van der Waals surface area contributed by atoms with Gasteiger partial charge in [0.05, 0.1) is 30.6 Å². The number of likely N-dealkylation sites (tertiary alicyclic amines) is 1. The van der Waals surface area contributed by atoms with Crippen molar-refractivity contribution in [2.24, 2.45) is 0 Å². The summed E-state index contributed by atoms with van der Waals surface area (Å²) in [6, 6.07) is 4.29. The third-order valence-corrected chi connectivity index (χ3v) is 3.58. The van der Waals surface area contributed by atoms with Crippen LogP contribution in [-0.4, -0.2) is 48.4 Å². The number of anilines is 1. The Hall–Kier alpha value is -1.80. The largest absolute Gasteiger partial charge is 0.418 e. The van der Waals surface area contributed by atoms with Crippen molar-refractivity contribution in [3.63, 3.8) is 0 Å². The molecule has 0 spiro atoms. The van der Waals surface area contributed by atoms with E-state index in [1.54, 1.807) is 0 Å². The van der Waals surface area contributed by atoms with Gasteiger partial charge in [0.1, 0.15) is 0 Å². The molecule has 128 valence electrons. The van der Waals surface area contributed by atoms with E-state index >= 15 is 0 Å². The van der Waals surface area contributed by atoms with Gasteiger partial charge in [0, 0.05) is 13.1 Å². The van der Waals surface area contributed by atoms with Crippen LogP contribution in [0.1, 0.15) is 18.4 Å². The van der Waals surface area contributed by atoms with E-state index in [2.05, 4.69) is 5.32 Å². The van der Waals surface area contributed by atoms with Crippen molar-refractivity contribution in [2.75, 3.05) is 31.6 Å². The lowest BCUT2D eigenvalue weighted by Gasteiger charge is -2.32. The number of carbonyl (C=O) groups excluding carboxylic acids is 1. The summed E-state index contributed by atoms with van der Waals surface area (Å²) in [6.45, 7) is 0.817. The molecule has 0 aliphatic carbocycles. The van der Waals surface area contributed by atoms with Gasteiger partial charge in [0.15, 0.2) is 0 Å². The molecule has 1 heterocycles. The lowest BCUT2D eigenvalue weighted by molar-refractivity contribution is -0.136. The second kappa shape index (κ2) is 7.65. The van der Waals surface area contributed by atoms with Gasteiger partial charge in [0.25, 0.3) is 0 Å². The average molecular weight is 332 g/mol. The summed E-state index contributed by atoms with van der Waals surface area (Å²) in [5.41, 5.74) is -1.14. The number of nitrogens with zero attached hydrogens (tertiary/aromatic N) is 1. The summed E-state index contributed by atoms with van der Waals surface area (Å²) in [5.74, 6) is 0. The first kappa shape index (κ1) is 17.6. The lowest BCUT2D eigenvalue weighted by atomic mass is 10.1. The van der Waals surface area contributed by atoms with Gasteiger partial charge in [0.2, 0.25) is 0 Å². The van der Waals surface area contributed by atoms with Crippen molar-refractivity contribution in [1.82, 2.24) is 4.90 Å². The molecule has 2 amide bonds. The second-order valence-electron chi connectivity index (χ2n) is 5.28. The molecule has 0 radical (unpaired) electrons. The SMILES string of the molecule is O=C(Nc1ccccc1C(F)(F)F)N1CCC[C@@H](OCCO)C1. The highest BCUT2D eigenvalue weighted by Crippen LogP contribution is 2.34. The molecule has 0 saturated carbocycles. The highest BCUT2D eigenvalue weighted by Gasteiger charge is 2.34. The number of amides is 2. The van der Waals surface area contributed by atoms with Crippen LogP contribution in [-0.2, 0) is 10.9 Å². The van der Waals surface area contributed by atoms with E-state index in [-0.39, 0.29) is 25.0 Å². The predicted molar refractivity (Wildman–Crippen MR) is 78.1 cm³/mol. The first-order valence-corrected chi connectivity index (χ1v) is 7.36. The number of para-hydroxylation sites is 1. The maximum atomic E-state index is 12.9. The Morgan fingerprint density at radius 1 is 1.39 bits per heavy atom. The normalized spacial score (nSPS) is 18.8. The van der Waals surface area contributed by atoms with E-state index < -0.39 is 17.8 Å². The minimum absolute atomic E-state index is 0.109. The zero-order valence-electron chi connectivity index (χ0n) is 12.5. The highest BCUT2D eigenvalue weighted by atomic mass is 19.4. The Bertz CT molecular complexity index is 537. The van der Waals surface area contributed by atoms with Crippen molar-refractivity contribution >= 4 is 11.7 Å². The first-order chi connectivity index (χ1) is 10.9. The number of hydrogen-bond acceptors (Lipinski definition) is 3. The van der Waals surface area contributed by atoms with Crippen LogP contribution >= 0.6 is 0 Å². The molecule has 8 heteroatoms. The number of nitrogens with one attached hydrogen (secondary N) is 1. The monoisotopic (exact) mass is 332 g/mol. The Morgan fingerprint density at radius 3 is 2.83 bits per heavy atom. The molecule has 1 aliphatic heterocycles. The molecular weight excluding hydrogens is 313 g/mol. The highest BCUT2D eigenvalue weighted by molar-refractivity contribution is 5.90. The van der Waals surface area contributed by atoms with Crippen LogP contribution < -0.4 is 5.32 Å². The van der Waals surface area contributed by atoms with Gasteiger partial charge in [-0.25, -0.2) is 4.79 Å². The number of rotatable bonds is 4. The molecule has 0 bridgehead atoms. The van der Waals surface area contributed by atoms with Gasteiger partial charge in [-0.2, -0.15) is 13.2 Å². The van der Waals surface area contributed by atoms with Crippen molar-refractivity contribution < 1.29 is 27.8 Å². The third kappa shape index (κ3) is 4.84. The Kier molecular flexibility index (Phi) is 5.84. The van der Waals surface area contributed by atoms with Gasteiger partial charge < -0.3 is 20.1 Å². The van der Waals surface area contributed by atoms with Gasteiger partial charge in [-0.1, -0.05) is 12.1 Å². The molecule has 1 saturated heterocycles. The molecule has 1 aliphatic rings. The fraction of sp³-hybridized carbons (Fsp3) is 0.533. The first-order valence-electron chi connectivity index (χ1n) is 7.36. The zero-order valence-corrected chi connectivity index (χ0v) is 12.5. The van der Waals surface area contributed by atoms with Gasteiger partial charge in [-0.05, 0) is 25.0 Å². The van der Waals surface area contributed by atoms with Crippen LogP contribution in [0.25, 0.3) is 0 Å². The molecule has 1 aromatic carbocycles. The smallest absolute Gasteiger partial charge is 0.394 e. The zero-order chi connectivity index (χ0) is 16.9. The quantitative estimate of drug-likeness (QED) is 0.891. The van der Waals surface area contributed by atoms with E-state index in [4.69, 9.17) is 9.84 Å². The lowest BCUT2D eigenvalue weighted by Crippen LogP contribution is -2.45. The Balaban J connectivity index is 2.02. The third-order valence-electron chi connectivity index (χ3n) is 3.58. The number of carbonyl (C=O) groups is 1. The topological polar surface area (TPSA) is 61.8 Å². The number of hydrogen-bond donors (Lipinski definition) is 2. The number of aliphatic hydroxyl groups excluding tert-OH is 1. The predicted octanol–water partition coefficient (Wildman–Crippen LogP) is 2.71. The molecule has 0 aromatic heterocycles. The summed E-state index contributed by atoms with van der Waals surface area (Å²) in [4.78, 5) is 13.6. The van der Waals surface area contributed by atoms with E-state index in [9.17, 15) is 18.0 Å². The summed E-state index contributed by atoms with van der Waals surface area (Å²) in [7, 11) is 0. The Morgan fingerprint density at radius 2 is 2.13 bits per heavy atom. The van der Waals surface area contributed by atoms with Crippen LogP contribution in [0.4, 0.5) is 23.7 Å². The number of halogens is 3. The van der Waals surface area contributed by atoms with Crippen LogP contribution in [0, 0.1) is 0 Å². The molecule has 5 nitrogen and oxygen atoms in total. The summed E-state index contributed by atoms with van der Waals surface area (Å²) < 4.78 is 44.2. The van der Waals surface area contributed by atoms with Crippen molar-refractivity contribution in [3.05, 3.63) is 29.8 Å². The summed E-state index contributed by atoms with van der Waals surface area (Å²) in [5, 5.41) is 11.1. The average Bonchev–Trinajstić information content (AvgIpc) is 2.52. The van der Waals surface area contributed by atoms with Gasteiger partial charge in [-0.3, -0.25) is 0 Å². The van der Waals surface area contributed by atoms with Crippen LogP contribution in [0.15, 0.2) is 24.3 Å². The maximum Gasteiger partial charge on any atom is 0.418 e. The second-order valence-corrected chi connectivity index (χ2v) is 5.28. The maximum absolute atomic E-state index is 12.9. The number of ether oxygens (including phenoxy) is 1. The standard InChI is InChI=1S/C15H19F3N2O3/c16-15(17,18)12-5-1-2-6-13(12)19-14(22)20-7-3-4-11(10-20)23-9-8-21/h1-2,5-6,11,21H,3-4,7-10H2,(H,19,22)/t11-/m1/s1. The summed E-state index contributed by atoms with van der Waals surface area (Å²) in [6.07, 6.45) is -3.29. The fourth-order valence-electron chi connectivity index (χ4n) is 2.51. The molecule has 1 atom stereocenters. The van der Waals surface area contributed by atoms with Gasteiger partial charge in [-0.15, -0.1) is 0 Å². The number of alkyl halides is 3. The Labute approximate surface area is 132 Å². The molecule has 1 aromatic rings. The van der Waals surface area contributed by atoms with E-state index in [1.165, 1.54) is 23.1 Å². The van der Waals surface area contributed by atoms with Gasteiger partial charge >= 0.3 is 12.2 Å². The molecule has 23 heavy (non-hydrogen) atoms. The minimum Gasteiger partial charge on any atom is -0.394 e. The van der Waals surface area contributed by atoms with Crippen LogP contribution in [0.2, 0.25) is 0 Å². The number of aliphatic hydroxyl groups is 1. The summed E-state index contributed by atoms with van der Waals surface area (Å²) >= 11 is 0. The number of piperidine rings is 1. The minimum atomic E-state index is -4.53. The molecular formula is C15H19F3N2O3. The number of benzene rings is 1. The fourth-order valence-corrected chi connectivity index (χ4v) is 2.51. The molecule has 2 N–H and O–H groups in total. The molecule has 2 rings (SSSR count). The van der Waals surface area contributed by atoms with Crippen LogP contribution in [0.5, 0.6) is 0 Å². The van der Waals surface area contributed by atoms with E-state index in [1.807, 2.05) is 0 Å².